The fraction of sp³-hybridized carbons (Fsp3) is 0.500. The lowest BCUT2D eigenvalue weighted by molar-refractivity contribution is 0.0691. The average molecular weight is 268 g/mol. The van der Waals surface area contributed by atoms with Crippen LogP contribution >= 0.6 is 0 Å². The molecular formula is C14H20O5. The molecule has 0 aromatic heterocycles. The van der Waals surface area contributed by atoms with E-state index in [2.05, 4.69) is 0 Å². The quantitative estimate of drug-likeness (QED) is 0.697. The summed E-state index contributed by atoms with van der Waals surface area (Å²) in [5.41, 5.74) is 0.140. The van der Waals surface area contributed by atoms with Gasteiger partial charge in [0.1, 0.15) is 17.1 Å². The van der Waals surface area contributed by atoms with Gasteiger partial charge in [-0.1, -0.05) is 6.92 Å². The SMILES string of the molecule is CCCOc1ccc(C(=O)O)c(OCCCOC)c1. The van der Waals surface area contributed by atoms with Crippen molar-refractivity contribution in [2.75, 3.05) is 26.9 Å². The second kappa shape index (κ2) is 8.37. The fourth-order valence-electron chi connectivity index (χ4n) is 1.49. The van der Waals surface area contributed by atoms with Gasteiger partial charge in [-0.05, 0) is 18.6 Å². The van der Waals surface area contributed by atoms with Gasteiger partial charge < -0.3 is 19.3 Å². The molecule has 1 rings (SSSR count). The Balaban J connectivity index is 2.74. The zero-order chi connectivity index (χ0) is 14.1. The topological polar surface area (TPSA) is 65.0 Å². The predicted octanol–water partition coefficient (Wildman–Crippen LogP) is 2.59. The number of carboxylic acid groups (broad SMARTS) is 1. The highest BCUT2D eigenvalue weighted by atomic mass is 16.5. The van der Waals surface area contributed by atoms with Gasteiger partial charge in [-0.3, -0.25) is 0 Å². The van der Waals surface area contributed by atoms with E-state index < -0.39 is 5.97 Å². The van der Waals surface area contributed by atoms with E-state index in [4.69, 9.17) is 19.3 Å². The van der Waals surface area contributed by atoms with Crippen molar-refractivity contribution in [1.29, 1.82) is 0 Å². The van der Waals surface area contributed by atoms with Crippen molar-refractivity contribution in [2.24, 2.45) is 0 Å². The van der Waals surface area contributed by atoms with Gasteiger partial charge in [0.05, 0.1) is 13.2 Å². The lowest BCUT2D eigenvalue weighted by Crippen LogP contribution is -2.07. The molecule has 0 aliphatic rings. The standard InChI is InChI=1S/C14H20O5/c1-3-7-18-11-5-6-12(14(15)16)13(10-11)19-9-4-8-17-2/h5-6,10H,3-4,7-9H2,1-2H3,(H,15,16). The third-order valence-electron chi connectivity index (χ3n) is 2.41. The van der Waals surface area contributed by atoms with Gasteiger partial charge in [-0.25, -0.2) is 4.79 Å². The Labute approximate surface area is 113 Å². The Morgan fingerprint density at radius 3 is 2.63 bits per heavy atom. The molecule has 5 nitrogen and oxygen atoms in total. The monoisotopic (exact) mass is 268 g/mol. The van der Waals surface area contributed by atoms with Crippen LogP contribution < -0.4 is 9.47 Å². The summed E-state index contributed by atoms with van der Waals surface area (Å²) in [6.07, 6.45) is 1.60. The van der Waals surface area contributed by atoms with Crippen molar-refractivity contribution in [3.8, 4) is 11.5 Å². The van der Waals surface area contributed by atoms with Gasteiger partial charge in [0, 0.05) is 26.2 Å². The molecule has 0 bridgehead atoms. The van der Waals surface area contributed by atoms with Crippen molar-refractivity contribution in [1.82, 2.24) is 0 Å². The first-order chi connectivity index (χ1) is 9.19. The Kier molecular flexibility index (Phi) is 6.74. The summed E-state index contributed by atoms with van der Waals surface area (Å²) < 4.78 is 15.9. The fourth-order valence-corrected chi connectivity index (χ4v) is 1.49. The van der Waals surface area contributed by atoms with Crippen LogP contribution in [0.3, 0.4) is 0 Å². The highest BCUT2D eigenvalue weighted by Gasteiger charge is 2.12. The number of hydrogen-bond acceptors (Lipinski definition) is 4. The molecule has 19 heavy (non-hydrogen) atoms. The lowest BCUT2D eigenvalue weighted by atomic mass is 10.2. The van der Waals surface area contributed by atoms with Gasteiger partial charge in [0.15, 0.2) is 0 Å². The summed E-state index contributed by atoms with van der Waals surface area (Å²) in [4.78, 5) is 11.1. The van der Waals surface area contributed by atoms with Crippen LogP contribution in [0.4, 0.5) is 0 Å². The van der Waals surface area contributed by atoms with E-state index in [0.29, 0.717) is 37.7 Å². The summed E-state index contributed by atoms with van der Waals surface area (Å²) in [6.45, 7) is 3.59. The lowest BCUT2D eigenvalue weighted by Gasteiger charge is -2.11. The summed E-state index contributed by atoms with van der Waals surface area (Å²) in [5, 5.41) is 9.09. The van der Waals surface area contributed by atoms with Crippen LogP contribution in [0, 0.1) is 0 Å². The minimum atomic E-state index is -1.01. The van der Waals surface area contributed by atoms with Crippen LogP contribution in [0.5, 0.6) is 11.5 Å². The van der Waals surface area contributed by atoms with Crippen LogP contribution in [-0.2, 0) is 4.74 Å². The van der Waals surface area contributed by atoms with Gasteiger partial charge >= 0.3 is 5.97 Å². The van der Waals surface area contributed by atoms with Crippen molar-refractivity contribution in [3.63, 3.8) is 0 Å². The molecule has 0 aliphatic carbocycles. The molecule has 0 atom stereocenters. The molecule has 0 saturated carbocycles. The van der Waals surface area contributed by atoms with Crippen LogP contribution in [-0.4, -0.2) is 38.0 Å². The van der Waals surface area contributed by atoms with Gasteiger partial charge in [-0.2, -0.15) is 0 Å². The van der Waals surface area contributed by atoms with Crippen molar-refractivity contribution in [2.45, 2.75) is 19.8 Å². The average Bonchev–Trinajstić information content (AvgIpc) is 2.41. The van der Waals surface area contributed by atoms with Gasteiger partial charge in [0.2, 0.25) is 0 Å². The minimum absolute atomic E-state index is 0.140. The number of aromatic carboxylic acids is 1. The number of methoxy groups -OCH3 is 1. The minimum Gasteiger partial charge on any atom is -0.493 e. The second-order valence-corrected chi connectivity index (χ2v) is 4.01. The predicted molar refractivity (Wildman–Crippen MR) is 71.2 cm³/mol. The highest BCUT2D eigenvalue weighted by Crippen LogP contribution is 2.25. The molecule has 1 aromatic carbocycles. The van der Waals surface area contributed by atoms with Gasteiger partial charge in [0.25, 0.3) is 0 Å². The van der Waals surface area contributed by atoms with E-state index in [-0.39, 0.29) is 5.56 Å². The number of benzene rings is 1. The summed E-state index contributed by atoms with van der Waals surface area (Å²) >= 11 is 0. The van der Waals surface area contributed by atoms with Crippen LogP contribution in [0.15, 0.2) is 18.2 Å². The van der Waals surface area contributed by atoms with E-state index in [0.717, 1.165) is 6.42 Å². The molecule has 0 radical (unpaired) electrons. The van der Waals surface area contributed by atoms with E-state index >= 15 is 0 Å². The molecule has 0 saturated heterocycles. The maximum atomic E-state index is 11.1. The molecule has 0 amide bonds. The summed E-state index contributed by atoms with van der Waals surface area (Å²) in [6, 6.07) is 4.76. The third kappa shape index (κ3) is 5.18. The Morgan fingerprint density at radius 1 is 1.21 bits per heavy atom. The maximum absolute atomic E-state index is 11.1. The molecule has 1 aromatic rings. The molecule has 0 fully saturated rings. The number of ether oxygens (including phenoxy) is 3. The van der Waals surface area contributed by atoms with Crippen molar-refractivity contribution >= 4 is 5.97 Å². The first kappa shape index (κ1) is 15.3. The molecule has 0 unspecified atom stereocenters. The Bertz CT molecular complexity index is 403. The zero-order valence-corrected chi connectivity index (χ0v) is 11.3. The zero-order valence-electron chi connectivity index (χ0n) is 11.3. The molecule has 0 heterocycles. The number of carbonyl (C=O) groups is 1. The highest BCUT2D eigenvalue weighted by molar-refractivity contribution is 5.91. The molecule has 1 N–H and O–H groups in total. The van der Waals surface area contributed by atoms with Crippen molar-refractivity contribution in [3.05, 3.63) is 23.8 Å². The third-order valence-corrected chi connectivity index (χ3v) is 2.41. The van der Waals surface area contributed by atoms with Crippen LogP contribution in [0.2, 0.25) is 0 Å². The molecule has 5 heteroatoms. The largest absolute Gasteiger partial charge is 0.493 e. The maximum Gasteiger partial charge on any atom is 0.339 e. The van der Waals surface area contributed by atoms with Crippen molar-refractivity contribution < 1.29 is 24.1 Å². The normalized spacial score (nSPS) is 10.2. The first-order valence-electron chi connectivity index (χ1n) is 6.31. The molecule has 106 valence electrons. The van der Waals surface area contributed by atoms with Gasteiger partial charge in [-0.15, -0.1) is 0 Å². The summed E-state index contributed by atoms with van der Waals surface area (Å²) in [7, 11) is 1.61. The smallest absolute Gasteiger partial charge is 0.339 e. The first-order valence-corrected chi connectivity index (χ1v) is 6.31. The molecular weight excluding hydrogens is 248 g/mol. The molecule has 0 aliphatic heterocycles. The number of rotatable bonds is 9. The Morgan fingerprint density at radius 2 is 2.00 bits per heavy atom. The Hall–Kier alpha value is -1.75. The number of carboxylic acids is 1. The van der Waals surface area contributed by atoms with E-state index in [9.17, 15) is 4.79 Å². The summed E-state index contributed by atoms with van der Waals surface area (Å²) in [5.74, 6) is -0.0606. The van der Waals surface area contributed by atoms with E-state index in [1.54, 1.807) is 19.2 Å². The van der Waals surface area contributed by atoms with Crippen LogP contribution in [0.25, 0.3) is 0 Å². The van der Waals surface area contributed by atoms with E-state index in [1.165, 1.54) is 6.07 Å². The molecule has 0 spiro atoms. The van der Waals surface area contributed by atoms with Crippen LogP contribution in [0.1, 0.15) is 30.1 Å². The second-order valence-electron chi connectivity index (χ2n) is 4.01. The number of hydrogen-bond donors (Lipinski definition) is 1. The van der Waals surface area contributed by atoms with E-state index in [1.807, 2.05) is 6.92 Å².